The molecule has 4 heteroatoms. The van der Waals surface area contributed by atoms with Gasteiger partial charge in [-0.2, -0.15) is 0 Å². The summed E-state index contributed by atoms with van der Waals surface area (Å²) in [4.78, 5) is 0. The highest BCUT2D eigenvalue weighted by Gasteiger charge is 2.07. The fraction of sp³-hybridized carbons (Fsp3) is 0.143. The number of aliphatic hydroxyl groups excluding tert-OH is 1. The molecule has 3 N–H and O–H groups in total. The predicted octanol–water partition coefficient (Wildman–Crippen LogP) is 1.04. The average molecular weight is 159 g/mol. The molecule has 1 aromatic carbocycles. The van der Waals surface area contributed by atoms with Crippen LogP contribution in [0.4, 0.5) is 14.5 Å². The van der Waals surface area contributed by atoms with Gasteiger partial charge >= 0.3 is 0 Å². The molecule has 0 aromatic heterocycles. The lowest BCUT2D eigenvalue weighted by Crippen LogP contribution is -1.97. The van der Waals surface area contributed by atoms with Crippen LogP contribution < -0.4 is 5.73 Å². The van der Waals surface area contributed by atoms with Gasteiger partial charge in [-0.25, -0.2) is 8.78 Å². The molecule has 0 saturated carbocycles. The van der Waals surface area contributed by atoms with Gasteiger partial charge in [0.25, 0.3) is 0 Å². The normalized spacial score (nSPS) is 10.1. The molecular formula is C7H7F2NO. The van der Waals surface area contributed by atoms with Crippen LogP contribution in [0.25, 0.3) is 0 Å². The van der Waals surface area contributed by atoms with Gasteiger partial charge in [-0.1, -0.05) is 0 Å². The van der Waals surface area contributed by atoms with Gasteiger partial charge in [0.2, 0.25) is 0 Å². The van der Waals surface area contributed by atoms with E-state index >= 15 is 0 Å². The number of halogens is 2. The molecule has 0 radical (unpaired) electrons. The molecule has 0 spiro atoms. The number of aliphatic hydroxyl groups is 1. The summed E-state index contributed by atoms with van der Waals surface area (Å²) in [5.74, 6) is -1.63. The zero-order valence-electron chi connectivity index (χ0n) is 5.64. The Bertz CT molecular complexity index is 252. The van der Waals surface area contributed by atoms with E-state index in [1.165, 1.54) is 0 Å². The van der Waals surface area contributed by atoms with Crippen LogP contribution in [0.2, 0.25) is 0 Å². The van der Waals surface area contributed by atoms with Gasteiger partial charge in [0.05, 0.1) is 6.61 Å². The number of nitrogen functional groups attached to an aromatic ring is 1. The summed E-state index contributed by atoms with van der Waals surface area (Å²) in [5.41, 5.74) is 4.78. The molecule has 11 heavy (non-hydrogen) atoms. The summed E-state index contributed by atoms with van der Waals surface area (Å²) in [5, 5.41) is 8.47. The van der Waals surface area contributed by atoms with Gasteiger partial charge < -0.3 is 10.8 Å². The van der Waals surface area contributed by atoms with Crippen molar-refractivity contribution in [3.05, 3.63) is 29.3 Å². The first-order chi connectivity index (χ1) is 5.15. The Morgan fingerprint density at radius 1 is 1.27 bits per heavy atom. The van der Waals surface area contributed by atoms with Gasteiger partial charge in [0.15, 0.2) is 0 Å². The zero-order chi connectivity index (χ0) is 8.43. The molecule has 2 nitrogen and oxygen atoms in total. The molecule has 0 aliphatic rings. The first-order valence-corrected chi connectivity index (χ1v) is 2.99. The Balaban J connectivity index is 3.25. The van der Waals surface area contributed by atoms with Crippen LogP contribution in [0.5, 0.6) is 0 Å². The summed E-state index contributed by atoms with van der Waals surface area (Å²) in [6.07, 6.45) is 0. The van der Waals surface area contributed by atoms with Gasteiger partial charge in [0, 0.05) is 11.3 Å². The summed E-state index contributed by atoms with van der Waals surface area (Å²) >= 11 is 0. The molecule has 0 fully saturated rings. The van der Waals surface area contributed by atoms with Crippen LogP contribution in [0.3, 0.4) is 0 Å². The van der Waals surface area contributed by atoms with Gasteiger partial charge in [-0.3, -0.25) is 0 Å². The first-order valence-electron chi connectivity index (χ1n) is 2.99. The van der Waals surface area contributed by atoms with Crippen LogP contribution in [-0.2, 0) is 6.61 Å². The Labute approximate surface area is 62.3 Å². The van der Waals surface area contributed by atoms with Crippen LogP contribution in [0.15, 0.2) is 12.1 Å². The molecule has 0 atom stereocenters. The molecule has 0 bridgehead atoms. The topological polar surface area (TPSA) is 46.2 Å². The van der Waals surface area contributed by atoms with Crippen molar-refractivity contribution in [1.29, 1.82) is 0 Å². The van der Waals surface area contributed by atoms with Crippen molar-refractivity contribution in [3.63, 3.8) is 0 Å². The average Bonchev–Trinajstić information content (AvgIpc) is 1.85. The maximum Gasteiger partial charge on any atom is 0.133 e. The molecule has 0 amide bonds. The Morgan fingerprint density at radius 2 is 1.73 bits per heavy atom. The lowest BCUT2D eigenvalue weighted by molar-refractivity contribution is 0.269. The maximum atomic E-state index is 12.6. The second-order valence-electron chi connectivity index (χ2n) is 2.12. The maximum absolute atomic E-state index is 12.6. The van der Waals surface area contributed by atoms with E-state index in [-0.39, 0.29) is 11.3 Å². The standard InChI is InChI=1S/C7H7F2NO/c8-6-1-4(10)2-7(9)5(6)3-11/h1-2,11H,3,10H2. The van der Waals surface area contributed by atoms with Crippen molar-refractivity contribution in [2.75, 3.05) is 5.73 Å². The fourth-order valence-corrected chi connectivity index (χ4v) is 0.774. The highest BCUT2D eigenvalue weighted by Crippen LogP contribution is 2.16. The van der Waals surface area contributed by atoms with Crippen molar-refractivity contribution in [2.45, 2.75) is 6.61 Å². The number of anilines is 1. The lowest BCUT2D eigenvalue weighted by Gasteiger charge is -2.01. The van der Waals surface area contributed by atoms with Gasteiger partial charge in [-0.15, -0.1) is 0 Å². The highest BCUT2D eigenvalue weighted by molar-refractivity contribution is 5.41. The monoisotopic (exact) mass is 159 g/mol. The third-order valence-corrected chi connectivity index (χ3v) is 1.32. The number of hydrogen-bond donors (Lipinski definition) is 2. The Morgan fingerprint density at radius 3 is 2.09 bits per heavy atom. The minimum Gasteiger partial charge on any atom is -0.399 e. The van der Waals surface area contributed by atoms with Crippen molar-refractivity contribution in [1.82, 2.24) is 0 Å². The minimum absolute atomic E-state index is 0.0113. The largest absolute Gasteiger partial charge is 0.399 e. The summed E-state index contributed by atoms with van der Waals surface area (Å²) < 4.78 is 25.3. The molecule has 0 aliphatic carbocycles. The Hall–Kier alpha value is -1.16. The van der Waals surface area contributed by atoms with E-state index in [1.807, 2.05) is 0 Å². The summed E-state index contributed by atoms with van der Waals surface area (Å²) in [6, 6.07) is 1.93. The van der Waals surface area contributed by atoms with Crippen molar-refractivity contribution < 1.29 is 13.9 Å². The summed E-state index contributed by atoms with van der Waals surface area (Å²) in [7, 11) is 0. The van der Waals surface area contributed by atoms with E-state index in [0.717, 1.165) is 12.1 Å². The van der Waals surface area contributed by atoms with Crippen LogP contribution in [-0.4, -0.2) is 5.11 Å². The van der Waals surface area contributed by atoms with E-state index in [0.29, 0.717) is 0 Å². The molecule has 0 aliphatic heterocycles. The Kier molecular flexibility index (Phi) is 2.05. The molecular weight excluding hydrogens is 152 g/mol. The van der Waals surface area contributed by atoms with Crippen LogP contribution in [0, 0.1) is 11.6 Å². The van der Waals surface area contributed by atoms with Crippen molar-refractivity contribution >= 4 is 5.69 Å². The molecule has 0 heterocycles. The number of benzene rings is 1. The van der Waals surface area contributed by atoms with Crippen molar-refractivity contribution in [3.8, 4) is 0 Å². The third-order valence-electron chi connectivity index (χ3n) is 1.32. The molecule has 60 valence electrons. The smallest absolute Gasteiger partial charge is 0.133 e. The quantitative estimate of drug-likeness (QED) is 0.601. The van der Waals surface area contributed by atoms with E-state index in [9.17, 15) is 8.78 Å². The lowest BCUT2D eigenvalue weighted by atomic mass is 10.2. The zero-order valence-corrected chi connectivity index (χ0v) is 5.64. The van der Waals surface area contributed by atoms with Crippen LogP contribution >= 0.6 is 0 Å². The van der Waals surface area contributed by atoms with E-state index in [2.05, 4.69) is 0 Å². The fourth-order valence-electron chi connectivity index (χ4n) is 0.774. The SMILES string of the molecule is Nc1cc(F)c(CO)c(F)c1. The minimum atomic E-state index is -0.815. The van der Waals surface area contributed by atoms with E-state index < -0.39 is 18.2 Å². The van der Waals surface area contributed by atoms with Gasteiger partial charge in [0.1, 0.15) is 11.6 Å². The second-order valence-corrected chi connectivity index (χ2v) is 2.12. The molecule has 0 saturated heterocycles. The highest BCUT2D eigenvalue weighted by atomic mass is 19.1. The number of nitrogens with two attached hydrogens (primary N) is 1. The third kappa shape index (κ3) is 1.46. The first kappa shape index (κ1) is 7.94. The predicted molar refractivity (Wildman–Crippen MR) is 36.7 cm³/mol. The van der Waals surface area contributed by atoms with E-state index in [4.69, 9.17) is 10.8 Å². The molecule has 1 aromatic rings. The molecule has 1 rings (SSSR count). The number of rotatable bonds is 1. The number of hydrogen-bond acceptors (Lipinski definition) is 2. The van der Waals surface area contributed by atoms with Crippen molar-refractivity contribution in [2.24, 2.45) is 0 Å². The van der Waals surface area contributed by atoms with Crippen LogP contribution in [0.1, 0.15) is 5.56 Å². The second kappa shape index (κ2) is 2.84. The van der Waals surface area contributed by atoms with Gasteiger partial charge in [-0.05, 0) is 12.1 Å². The van der Waals surface area contributed by atoms with E-state index in [1.54, 1.807) is 0 Å². The summed E-state index contributed by atoms with van der Waals surface area (Å²) in [6.45, 7) is -0.655. The molecule has 0 unspecified atom stereocenters.